The van der Waals surface area contributed by atoms with Crippen LogP contribution in [0.15, 0.2) is 65.1 Å². The Morgan fingerprint density at radius 2 is 2.00 bits per heavy atom. The molecule has 0 aliphatic heterocycles. The van der Waals surface area contributed by atoms with Gasteiger partial charge in [0.2, 0.25) is 0 Å². The van der Waals surface area contributed by atoms with Crippen molar-refractivity contribution in [3.8, 4) is 16.3 Å². The van der Waals surface area contributed by atoms with Crippen LogP contribution >= 0.6 is 49.9 Å². The monoisotopic (exact) mass is 578 g/mol. The van der Waals surface area contributed by atoms with Crippen LogP contribution in [-0.4, -0.2) is 17.5 Å². The molecule has 29 heavy (non-hydrogen) atoms. The standard InChI is InChI=1S/C22H16BrIN2O2S/c1-2-28-19-10-7-13(11-16(19)23)21(27)25-17-9-8-14(24)12-15(17)22-26-18-5-3-4-6-20(18)29-22/h3-12H,2H2,1H3,(H,25,27). The number of halogens is 2. The Kier molecular flexibility index (Phi) is 6.17. The smallest absolute Gasteiger partial charge is 0.255 e. The summed E-state index contributed by atoms with van der Waals surface area (Å²) >= 11 is 7.36. The highest BCUT2D eigenvalue weighted by Gasteiger charge is 2.15. The van der Waals surface area contributed by atoms with E-state index in [0.29, 0.717) is 17.9 Å². The van der Waals surface area contributed by atoms with Gasteiger partial charge in [-0.05, 0) is 94.0 Å². The lowest BCUT2D eigenvalue weighted by Crippen LogP contribution is -2.13. The van der Waals surface area contributed by atoms with Gasteiger partial charge in [-0.1, -0.05) is 12.1 Å². The second-order valence-corrected chi connectivity index (χ2v) is 9.34. The van der Waals surface area contributed by atoms with E-state index < -0.39 is 0 Å². The number of carbonyl (C=O) groups excluding carboxylic acids is 1. The molecule has 0 saturated carbocycles. The fourth-order valence-corrected chi connectivity index (χ4v) is 4.88. The van der Waals surface area contributed by atoms with Gasteiger partial charge in [-0.15, -0.1) is 11.3 Å². The summed E-state index contributed by atoms with van der Waals surface area (Å²) in [6.45, 7) is 2.49. The molecule has 1 heterocycles. The van der Waals surface area contributed by atoms with E-state index in [1.54, 1.807) is 29.5 Å². The van der Waals surface area contributed by atoms with Gasteiger partial charge in [0.15, 0.2) is 0 Å². The quantitative estimate of drug-likeness (QED) is 0.260. The molecule has 0 radical (unpaired) electrons. The molecule has 0 spiro atoms. The van der Waals surface area contributed by atoms with Crippen molar-refractivity contribution >= 4 is 71.7 Å². The topological polar surface area (TPSA) is 51.2 Å². The van der Waals surface area contributed by atoms with Crippen molar-refractivity contribution in [2.75, 3.05) is 11.9 Å². The normalized spacial score (nSPS) is 10.9. The summed E-state index contributed by atoms with van der Waals surface area (Å²) in [5.41, 5.74) is 3.16. The van der Waals surface area contributed by atoms with Gasteiger partial charge in [0.05, 0.1) is 27.0 Å². The van der Waals surface area contributed by atoms with E-state index in [2.05, 4.69) is 49.9 Å². The third kappa shape index (κ3) is 4.46. The van der Waals surface area contributed by atoms with Crippen molar-refractivity contribution in [2.45, 2.75) is 6.92 Å². The van der Waals surface area contributed by atoms with Crippen molar-refractivity contribution < 1.29 is 9.53 Å². The Labute approximate surface area is 194 Å². The van der Waals surface area contributed by atoms with Crippen LogP contribution < -0.4 is 10.1 Å². The largest absolute Gasteiger partial charge is 0.493 e. The minimum absolute atomic E-state index is 0.183. The lowest BCUT2D eigenvalue weighted by Gasteiger charge is -2.11. The molecule has 146 valence electrons. The summed E-state index contributed by atoms with van der Waals surface area (Å²) in [5.74, 6) is 0.533. The van der Waals surface area contributed by atoms with Crippen LogP contribution in [0.4, 0.5) is 5.69 Å². The van der Waals surface area contributed by atoms with Crippen molar-refractivity contribution in [3.63, 3.8) is 0 Å². The number of hydrogen-bond acceptors (Lipinski definition) is 4. The molecule has 4 rings (SSSR count). The zero-order valence-corrected chi connectivity index (χ0v) is 20.0. The summed E-state index contributed by atoms with van der Waals surface area (Å²) in [7, 11) is 0. The summed E-state index contributed by atoms with van der Waals surface area (Å²) < 4.78 is 8.47. The third-order valence-electron chi connectivity index (χ3n) is 4.25. The highest BCUT2D eigenvalue weighted by molar-refractivity contribution is 14.1. The van der Waals surface area contributed by atoms with Crippen molar-refractivity contribution in [2.24, 2.45) is 0 Å². The fourth-order valence-electron chi connectivity index (χ4n) is 2.90. The molecule has 0 fully saturated rings. The molecule has 1 amide bonds. The molecule has 4 nitrogen and oxygen atoms in total. The summed E-state index contributed by atoms with van der Waals surface area (Å²) in [6.07, 6.45) is 0. The molecule has 0 aliphatic rings. The van der Waals surface area contributed by atoms with Gasteiger partial charge in [-0.3, -0.25) is 4.79 Å². The Hall–Kier alpha value is -1.97. The zero-order valence-electron chi connectivity index (χ0n) is 15.4. The molecule has 0 atom stereocenters. The van der Waals surface area contributed by atoms with E-state index >= 15 is 0 Å². The van der Waals surface area contributed by atoms with E-state index in [1.807, 2.05) is 43.3 Å². The van der Waals surface area contributed by atoms with Gasteiger partial charge in [0, 0.05) is 14.7 Å². The number of rotatable bonds is 5. The fraction of sp³-hybridized carbons (Fsp3) is 0.0909. The Balaban J connectivity index is 1.67. The van der Waals surface area contributed by atoms with Crippen LogP contribution in [0, 0.1) is 3.57 Å². The van der Waals surface area contributed by atoms with E-state index in [1.165, 1.54) is 0 Å². The van der Waals surface area contributed by atoms with E-state index in [9.17, 15) is 4.79 Å². The molecule has 0 bridgehead atoms. The second-order valence-electron chi connectivity index (χ2n) is 6.21. The number of anilines is 1. The maximum atomic E-state index is 12.9. The second kappa shape index (κ2) is 8.81. The first kappa shape index (κ1) is 20.3. The van der Waals surface area contributed by atoms with Gasteiger partial charge in [-0.25, -0.2) is 4.98 Å². The van der Waals surface area contributed by atoms with E-state index in [0.717, 1.165) is 34.5 Å². The lowest BCUT2D eigenvalue weighted by atomic mass is 10.1. The first-order valence-electron chi connectivity index (χ1n) is 8.94. The first-order valence-corrected chi connectivity index (χ1v) is 11.6. The lowest BCUT2D eigenvalue weighted by molar-refractivity contribution is 0.102. The number of benzene rings is 3. The van der Waals surface area contributed by atoms with Crippen LogP contribution in [0.25, 0.3) is 20.8 Å². The number of thiazole rings is 1. The number of carbonyl (C=O) groups is 1. The first-order chi connectivity index (χ1) is 14.0. The number of nitrogens with one attached hydrogen (secondary N) is 1. The number of aromatic nitrogens is 1. The predicted molar refractivity (Wildman–Crippen MR) is 131 cm³/mol. The van der Waals surface area contributed by atoms with E-state index in [-0.39, 0.29) is 5.91 Å². The predicted octanol–water partition coefficient (Wildman–Crippen LogP) is 6.98. The molecule has 0 unspecified atom stereocenters. The molecule has 7 heteroatoms. The molecule has 0 aliphatic carbocycles. The van der Waals surface area contributed by atoms with Crippen LogP contribution in [0.1, 0.15) is 17.3 Å². The molecule has 4 aromatic rings. The number of para-hydroxylation sites is 1. The van der Waals surface area contributed by atoms with Crippen LogP contribution in [0.2, 0.25) is 0 Å². The highest BCUT2D eigenvalue weighted by atomic mass is 127. The Morgan fingerprint density at radius 3 is 2.76 bits per heavy atom. The van der Waals surface area contributed by atoms with Crippen LogP contribution in [-0.2, 0) is 0 Å². The van der Waals surface area contributed by atoms with Gasteiger partial charge in [-0.2, -0.15) is 0 Å². The average molecular weight is 579 g/mol. The molecule has 3 aromatic carbocycles. The van der Waals surface area contributed by atoms with Crippen molar-refractivity contribution in [1.29, 1.82) is 0 Å². The highest BCUT2D eigenvalue weighted by Crippen LogP contribution is 2.36. The van der Waals surface area contributed by atoms with Gasteiger partial charge < -0.3 is 10.1 Å². The molecular weight excluding hydrogens is 563 g/mol. The van der Waals surface area contributed by atoms with Gasteiger partial charge in [0.25, 0.3) is 5.91 Å². The minimum atomic E-state index is -0.183. The zero-order chi connectivity index (χ0) is 20.4. The van der Waals surface area contributed by atoms with E-state index in [4.69, 9.17) is 9.72 Å². The van der Waals surface area contributed by atoms with Gasteiger partial charge in [0.1, 0.15) is 10.8 Å². The van der Waals surface area contributed by atoms with Gasteiger partial charge >= 0.3 is 0 Å². The number of nitrogens with zero attached hydrogens (tertiary/aromatic N) is 1. The maximum Gasteiger partial charge on any atom is 0.255 e. The maximum absolute atomic E-state index is 12.9. The molecule has 0 saturated heterocycles. The number of fused-ring (bicyclic) bond motifs is 1. The summed E-state index contributed by atoms with van der Waals surface area (Å²) in [5, 5.41) is 3.92. The Bertz CT molecular complexity index is 1180. The SMILES string of the molecule is CCOc1ccc(C(=O)Nc2ccc(I)cc2-c2nc3ccccc3s2)cc1Br. The molecule has 1 N–H and O–H groups in total. The minimum Gasteiger partial charge on any atom is -0.493 e. The van der Waals surface area contributed by atoms with Crippen LogP contribution in [0.3, 0.4) is 0 Å². The summed E-state index contributed by atoms with van der Waals surface area (Å²) in [4.78, 5) is 17.6. The summed E-state index contributed by atoms with van der Waals surface area (Å²) in [6, 6.07) is 19.3. The molecular formula is C22H16BrIN2O2S. The number of ether oxygens (including phenoxy) is 1. The average Bonchev–Trinajstić information content (AvgIpc) is 3.15. The van der Waals surface area contributed by atoms with Crippen molar-refractivity contribution in [1.82, 2.24) is 4.98 Å². The van der Waals surface area contributed by atoms with Crippen molar-refractivity contribution in [3.05, 3.63) is 74.3 Å². The van der Waals surface area contributed by atoms with Crippen LogP contribution in [0.5, 0.6) is 5.75 Å². The third-order valence-corrected chi connectivity index (χ3v) is 6.61. The molecule has 1 aromatic heterocycles. The Morgan fingerprint density at radius 1 is 1.17 bits per heavy atom. The number of amides is 1. The number of hydrogen-bond donors (Lipinski definition) is 1.